The minimum atomic E-state index is -0.866. The average Bonchev–Trinajstić information content (AvgIpc) is 3.40. The number of carboxylic acid groups (broad SMARTS) is 1. The second-order valence-electron chi connectivity index (χ2n) is 7.19. The number of non-ortho nitro benzene ring substituents is 1. The van der Waals surface area contributed by atoms with Crippen molar-refractivity contribution in [1.82, 2.24) is 9.88 Å². The first-order valence-electron chi connectivity index (χ1n) is 10.3. The molecule has 2 aromatic rings. The Bertz CT molecular complexity index is 1170. The fourth-order valence-corrected chi connectivity index (χ4v) is 4.88. The number of aromatic nitrogens is 1. The summed E-state index contributed by atoms with van der Waals surface area (Å²) in [7, 11) is 0. The third-order valence-electron chi connectivity index (χ3n) is 4.67. The van der Waals surface area contributed by atoms with Gasteiger partial charge in [-0.25, -0.2) is 4.98 Å². The zero-order valence-corrected chi connectivity index (χ0v) is 20.6. The SMILES string of the molecule is O=C(O)CCCCCN1C(=O)/C(=C/c2cc([N+](=O)[O-])ccc2OCC(=O)Nc2nccs2)SC1=S. The molecule has 0 unspecified atom stereocenters. The fraction of sp³-hybridized carbons (Fsp3) is 0.286. The van der Waals surface area contributed by atoms with E-state index < -0.39 is 16.8 Å². The molecule has 1 saturated heterocycles. The van der Waals surface area contributed by atoms with Crippen LogP contribution in [0.15, 0.2) is 34.7 Å². The molecule has 1 aromatic carbocycles. The topological polar surface area (TPSA) is 152 Å². The number of carbonyl (C=O) groups excluding carboxylic acids is 2. The molecule has 35 heavy (non-hydrogen) atoms. The Morgan fingerprint density at radius 3 is 2.80 bits per heavy atom. The predicted octanol–water partition coefficient (Wildman–Crippen LogP) is 3.92. The molecule has 2 amide bonds. The summed E-state index contributed by atoms with van der Waals surface area (Å²) in [6, 6.07) is 3.87. The highest BCUT2D eigenvalue weighted by atomic mass is 32.2. The molecule has 0 bridgehead atoms. The molecule has 1 aromatic heterocycles. The lowest BCUT2D eigenvalue weighted by Crippen LogP contribution is -2.29. The van der Waals surface area contributed by atoms with Crippen molar-refractivity contribution in [3.05, 3.63) is 50.4 Å². The molecule has 2 N–H and O–H groups in total. The van der Waals surface area contributed by atoms with Crippen LogP contribution in [-0.4, -0.2) is 55.2 Å². The number of thioether (sulfide) groups is 1. The van der Waals surface area contributed by atoms with Crippen molar-refractivity contribution >= 4 is 74.3 Å². The summed E-state index contributed by atoms with van der Waals surface area (Å²) in [4.78, 5) is 52.0. The largest absolute Gasteiger partial charge is 0.483 e. The van der Waals surface area contributed by atoms with Gasteiger partial charge in [0.15, 0.2) is 11.7 Å². The molecule has 0 atom stereocenters. The number of thiazole rings is 1. The maximum atomic E-state index is 12.9. The number of nitro groups is 1. The number of nitrogens with one attached hydrogen (secondary N) is 1. The Morgan fingerprint density at radius 1 is 1.31 bits per heavy atom. The molecule has 1 aliphatic rings. The number of benzene rings is 1. The lowest BCUT2D eigenvalue weighted by Gasteiger charge is -2.14. The van der Waals surface area contributed by atoms with Gasteiger partial charge in [-0.05, 0) is 25.0 Å². The molecule has 3 rings (SSSR count). The van der Waals surface area contributed by atoms with E-state index >= 15 is 0 Å². The maximum Gasteiger partial charge on any atom is 0.303 e. The lowest BCUT2D eigenvalue weighted by atomic mass is 10.1. The molecule has 1 aliphatic heterocycles. The van der Waals surface area contributed by atoms with Crippen LogP contribution in [0.3, 0.4) is 0 Å². The second kappa shape index (κ2) is 12.4. The number of rotatable bonds is 12. The molecule has 14 heteroatoms. The Balaban J connectivity index is 1.71. The minimum absolute atomic E-state index is 0.0652. The zero-order chi connectivity index (χ0) is 25.4. The average molecular weight is 537 g/mol. The van der Waals surface area contributed by atoms with Gasteiger partial charge in [-0.3, -0.25) is 34.7 Å². The van der Waals surface area contributed by atoms with E-state index in [1.165, 1.54) is 40.5 Å². The van der Waals surface area contributed by atoms with E-state index in [1.807, 2.05) is 0 Å². The molecule has 0 radical (unpaired) electrons. The summed E-state index contributed by atoms with van der Waals surface area (Å²) in [6.07, 6.45) is 4.79. The van der Waals surface area contributed by atoms with Crippen LogP contribution in [-0.2, 0) is 14.4 Å². The van der Waals surface area contributed by atoms with Crippen LogP contribution in [0.4, 0.5) is 10.8 Å². The molecular formula is C21H20N4O7S3. The number of anilines is 1. The molecule has 2 heterocycles. The number of hydrogen-bond acceptors (Lipinski definition) is 10. The molecule has 0 spiro atoms. The number of unbranched alkanes of at least 4 members (excludes halogenated alkanes) is 2. The van der Waals surface area contributed by atoms with Crippen molar-refractivity contribution in [1.29, 1.82) is 0 Å². The van der Waals surface area contributed by atoms with Gasteiger partial charge >= 0.3 is 5.97 Å². The van der Waals surface area contributed by atoms with Crippen LogP contribution >= 0.6 is 35.3 Å². The Morgan fingerprint density at radius 2 is 2.11 bits per heavy atom. The standard InChI is InChI=1S/C21H20N4O7S3/c26-17(23-20-22-7-9-34-20)12-32-15-6-5-14(25(30)31)10-13(15)11-16-19(29)24(21(33)35-16)8-3-1-2-4-18(27)28/h5-7,9-11H,1-4,8,12H2,(H,27,28)(H,22,23,26)/b16-11-. The molecule has 0 aliphatic carbocycles. The van der Waals surface area contributed by atoms with Crippen LogP contribution in [0.1, 0.15) is 31.2 Å². The van der Waals surface area contributed by atoms with Crippen LogP contribution in [0, 0.1) is 10.1 Å². The van der Waals surface area contributed by atoms with Gasteiger partial charge in [0, 0.05) is 42.2 Å². The minimum Gasteiger partial charge on any atom is -0.483 e. The van der Waals surface area contributed by atoms with E-state index in [0.717, 1.165) is 11.8 Å². The first kappa shape index (κ1) is 26.2. The van der Waals surface area contributed by atoms with E-state index in [0.29, 0.717) is 35.3 Å². The highest BCUT2D eigenvalue weighted by molar-refractivity contribution is 8.26. The van der Waals surface area contributed by atoms with Crippen LogP contribution in [0.2, 0.25) is 0 Å². The number of amides is 2. The highest BCUT2D eigenvalue weighted by Crippen LogP contribution is 2.35. The second-order valence-corrected chi connectivity index (χ2v) is 9.76. The summed E-state index contributed by atoms with van der Waals surface area (Å²) in [5.41, 5.74) is 0.0490. The summed E-state index contributed by atoms with van der Waals surface area (Å²) in [5.74, 6) is -1.49. The monoisotopic (exact) mass is 536 g/mol. The fourth-order valence-electron chi connectivity index (χ4n) is 3.03. The summed E-state index contributed by atoms with van der Waals surface area (Å²) >= 11 is 7.61. The first-order chi connectivity index (χ1) is 16.7. The molecular weight excluding hydrogens is 516 g/mol. The van der Waals surface area contributed by atoms with Gasteiger partial charge < -0.3 is 9.84 Å². The third-order valence-corrected chi connectivity index (χ3v) is 6.74. The van der Waals surface area contributed by atoms with Crippen molar-refractivity contribution < 1.29 is 29.2 Å². The van der Waals surface area contributed by atoms with Crippen LogP contribution in [0.25, 0.3) is 6.08 Å². The van der Waals surface area contributed by atoms with Crippen molar-refractivity contribution in [2.24, 2.45) is 0 Å². The number of ether oxygens (including phenoxy) is 1. The van der Waals surface area contributed by atoms with E-state index in [9.17, 15) is 24.5 Å². The van der Waals surface area contributed by atoms with Crippen molar-refractivity contribution in [2.45, 2.75) is 25.7 Å². The van der Waals surface area contributed by atoms with Gasteiger partial charge in [-0.1, -0.05) is 30.4 Å². The quantitative estimate of drug-likeness (QED) is 0.134. The summed E-state index contributed by atoms with van der Waals surface area (Å²) in [6.45, 7) is -0.0214. The van der Waals surface area contributed by atoms with Crippen molar-refractivity contribution in [2.75, 3.05) is 18.5 Å². The first-order valence-corrected chi connectivity index (χ1v) is 12.4. The molecule has 0 saturated carbocycles. The normalized spacial score (nSPS) is 14.4. The number of carbonyl (C=O) groups is 3. The third kappa shape index (κ3) is 7.56. The smallest absolute Gasteiger partial charge is 0.303 e. The molecule has 11 nitrogen and oxygen atoms in total. The van der Waals surface area contributed by atoms with Gasteiger partial charge in [-0.15, -0.1) is 11.3 Å². The van der Waals surface area contributed by atoms with Crippen LogP contribution < -0.4 is 10.1 Å². The number of nitrogens with zero attached hydrogens (tertiary/aromatic N) is 3. The predicted molar refractivity (Wildman–Crippen MR) is 135 cm³/mol. The molecule has 1 fully saturated rings. The van der Waals surface area contributed by atoms with Gasteiger partial charge in [0.25, 0.3) is 17.5 Å². The van der Waals surface area contributed by atoms with Gasteiger partial charge in [0.2, 0.25) is 0 Å². The van der Waals surface area contributed by atoms with E-state index in [4.69, 9.17) is 22.1 Å². The number of hydrogen-bond donors (Lipinski definition) is 2. The van der Waals surface area contributed by atoms with Gasteiger partial charge in [0.1, 0.15) is 10.1 Å². The Hall–Kier alpha value is -3.36. The Kier molecular flexibility index (Phi) is 9.28. The van der Waals surface area contributed by atoms with Crippen molar-refractivity contribution in [3.8, 4) is 5.75 Å². The van der Waals surface area contributed by atoms with Gasteiger partial charge in [0.05, 0.1) is 9.83 Å². The van der Waals surface area contributed by atoms with E-state index in [1.54, 1.807) is 11.6 Å². The number of thiocarbonyl (C=S) groups is 1. The lowest BCUT2D eigenvalue weighted by molar-refractivity contribution is -0.384. The summed E-state index contributed by atoms with van der Waals surface area (Å²) in [5, 5.41) is 24.7. The maximum absolute atomic E-state index is 12.9. The highest BCUT2D eigenvalue weighted by Gasteiger charge is 2.32. The number of carboxylic acids is 1. The summed E-state index contributed by atoms with van der Waals surface area (Å²) < 4.78 is 5.92. The molecule has 184 valence electrons. The number of aliphatic carboxylic acids is 1. The number of nitro benzene ring substituents is 1. The van der Waals surface area contributed by atoms with E-state index in [-0.39, 0.29) is 40.8 Å². The zero-order valence-electron chi connectivity index (χ0n) is 18.2. The van der Waals surface area contributed by atoms with E-state index in [2.05, 4.69) is 10.3 Å². The van der Waals surface area contributed by atoms with Crippen LogP contribution in [0.5, 0.6) is 5.75 Å². The Labute approximate surface area is 213 Å². The van der Waals surface area contributed by atoms with Gasteiger partial charge in [-0.2, -0.15) is 0 Å². The van der Waals surface area contributed by atoms with Crippen molar-refractivity contribution in [3.63, 3.8) is 0 Å².